The summed E-state index contributed by atoms with van der Waals surface area (Å²) in [4.78, 5) is 0. The molecule has 1 aromatic rings. The molecule has 0 bridgehead atoms. The van der Waals surface area contributed by atoms with E-state index in [1.807, 2.05) is 0 Å². The van der Waals surface area contributed by atoms with E-state index < -0.39 is 26.9 Å². The molecule has 28 heavy (non-hydrogen) atoms. The zero-order valence-electron chi connectivity index (χ0n) is 15.7. The Labute approximate surface area is 163 Å². The lowest BCUT2D eigenvalue weighted by atomic mass is 9.97. The molecule has 0 aromatic heterocycles. The van der Waals surface area contributed by atoms with Gasteiger partial charge in [-0.3, -0.25) is 0 Å². The van der Waals surface area contributed by atoms with Crippen molar-refractivity contribution in [2.75, 3.05) is 0 Å². The Morgan fingerprint density at radius 2 is 1.46 bits per heavy atom. The molecule has 0 atom stereocenters. The van der Waals surface area contributed by atoms with Gasteiger partial charge in [-0.25, -0.2) is 0 Å². The number of rotatable bonds is 11. The van der Waals surface area contributed by atoms with E-state index in [1.54, 1.807) is 12.1 Å². The molecule has 1 aromatic carbocycles. The maximum absolute atomic E-state index is 12.5. The van der Waals surface area contributed by atoms with Crippen molar-refractivity contribution in [3.05, 3.63) is 28.8 Å². The van der Waals surface area contributed by atoms with Gasteiger partial charge in [0, 0.05) is 0 Å². The van der Waals surface area contributed by atoms with Crippen molar-refractivity contribution in [3.63, 3.8) is 0 Å². The number of nitrogens with zero attached hydrogens (tertiary/aromatic N) is 2. The first kappa shape index (κ1) is 23.8. The first-order valence-corrected chi connectivity index (χ1v) is 10.6. The summed E-state index contributed by atoms with van der Waals surface area (Å²) in [6.45, 7) is 2.15. The lowest BCUT2D eigenvalue weighted by Gasteiger charge is -2.13. The number of unbranched alkanes of at least 4 members (excludes halogenated alkanes) is 7. The molecule has 0 saturated carbocycles. The van der Waals surface area contributed by atoms with Crippen molar-refractivity contribution < 1.29 is 25.8 Å². The number of nitriles is 2. The van der Waals surface area contributed by atoms with Crippen LogP contribution in [0.25, 0.3) is 0 Å². The van der Waals surface area contributed by atoms with Gasteiger partial charge in [0.15, 0.2) is 5.75 Å². The van der Waals surface area contributed by atoms with Gasteiger partial charge in [-0.05, 0) is 24.5 Å². The van der Waals surface area contributed by atoms with Crippen LogP contribution in [0.2, 0.25) is 0 Å². The lowest BCUT2D eigenvalue weighted by Crippen LogP contribution is -2.28. The zero-order valence-corrected chi connectivity index (χ0v) is 16.5. The van der Waals surface area contributed by atoms with Gasteiger partial charge in [0.2, 0.25) is 0 Å². The van der Waals surface area contributed by atoms with Gasteiger partial charge < -0.3 is 4.18 Å². The second-order valence-corrected chi connectivity index (χ2v) is 7.94. The molecule has 0 aliphatic carbocycles. The third-order valence-electron chi connectivity index (χ3n) is 4.26. The number of hydrogen-bond donors (Lipinski definition) is 0. The molecule has 5 nitrogen and oxygen atoms in total. The third-order valence-corrected chi connectivity index (χ3v) is 5.23. The molecule has 0 radical (unpaired) electrons. The quantitative estimate of drug-likeness (QED) is 0.276. The van der Waals surface area contributed by atoms with E-state index in [-0.39, 0.29) is 5.56 Å². The Kier molecular flexibility index (Phi) is 9.27. The summed E-state index contributed by atoms with van der Waals surface area (Å²) in [5.74, 6) is -0.795. The first-order chi connectivity index (χ1) is 13.2. The Hall–Kier alpha value is -2.26. The highest BCUT2D eigenvalue weighted by atomic mass is 32.2. The predicted octanol–water partition coefficient (Wildman–Crippen LogP) is 5.34. The van der Waals surface area contributed by atoms with Crippen molar-refractivity contribution >= 4 is 10.1 Å². The van der Waals surface area contributed by atoms with Crippen LogP contribution in [0.15, 0.2) is 12.1 Å². The molecule has 0 amide bonds. The van der Waals surface area contributed by atoms with E-state index >= 15 is 0 Å². The van der Waals surface area contributed by atoms with E-state index in [4.69, 9.17) is 0 Å². The van der Waals surface area contributed by atoms with Crippen molar-refractivity contribution in [2.45, 2.75) is 70.2 Å². The SMILES string of the molecule is CCCCCCCCCCc1ccc(OS(=O)(=O)C(F)(F)F)c(C#N)c1C#N. The van der Waals surface area contributed by atoms with Crippen LogP contribution in [0.1, 0.15) is 75.0 Å². The van der Waals surface area contributed by atoms with Crippen molar-refractivity contribution in [1.82, 2.24) is 0 Å². The monoisotopic (exact) mass is 416 g/mol. The average molecular weight is 416 g/mol. The minimum Gasteiger partial charge on any atom is -0.375 e. The van der Waals surface area contributed by atoms with E-state index in [0.717, 1.165) is 31.7 Å². The van der Waals surface area contributed by atoms with Crippen molar-refractivity contribution in [2.24, 2.45) is 0 Å². The van der Waals surface area contributed by atoms with Crippen LogP contribution in [-0.4, -0.2) is 13.9 Å². The van der Waals surface area contributed by atoms with E-state index in [1.165, 1.54) is 31.7 Å². The molecule has 1 rings (SSSR count). The smallest absolute Gasteiger partial charge is 0.375 e. The summed E-state index contributed by atoms with van der Waals surface area (Å²) in [6.07, 6.45) is 9.12. The molecule has 0 heterocycles. The minimum absolute atomic E-state index is 0.152. The number of halogens is 3. The fourth-order valence-electron chi connectivity index (χ4n) is 2.76. The summed E-state index contributed by atoms with van der Waals surface area (Å²) in [5, 5.41) is 18.5. The second kappa shape index (κ2) is 10.9. The zero-order chi connectivity index (χ0) is 21.2. The molecular weight excluding hydrogens is 393 g/mol. The van der Waals surface area contributed by atoms with Crippen LogP contribution in [0, 0.1) is 22.7 Å². The van der Waals surface area contributed by atoms with Gasteiger partial charge in [-0.15, -0.1) is 0 Å². The molecule has 0 spiro atoms. The Bertz CT molecular complexity index is 838. The normalized spacial score (nSPS) is 11.6. The molecule has 0 aliphatic heterocycles. The molecule has 0 fully saturated rings. The fourth-order valence-corrected chi connectivity index (χ4v) is 3.23. The highest BCUT2D eigenvalue weighted by molar-refractivity contribution is 7.88. The number of alkyl halides is 3. The Morgan fingerprint density at radius 3 is 1.96 bits per heavy atom. The van der Waals surface area contributed by atoms with Gasteiger partial charge in [0.05, 0.1) is 5.56 Å². The van der Waals surface area contributed by atoms with Crippen LogP contribution in [0.4, 0.5) is 13.2 Å². The first-order valence-electron chi connectivity index (χ1n) is 9.14. The van der Waals surface area contributed by atoms with Gasteiger partial charge in [-0.1, -0.05) is 57.9 Å². The molecule has 9 heteroatoms. The minimum atomic E-state index is -5.92. The van der Waals surface area contributed by atoms with E-state index in [9.17, 15) is 32.1 Å². The van der Waals surface area contributed by atoms with Crippen molar-refractivity contribution in [1.29, 1.82) is 10.5 Å². The highest BCUT2D eigenvalue weighted by Gasteiger charge is 2.49. The maximum atomic E-state index is 12.5. The average Bonchev–Trinajstić information content (AvgIpc) is 2.63. The summed E-state index contributed by atoms with van der Waals surface area (Å²) < 4.78 is 63.9. The number of aryl methyl sites for hydroxylation is 1. The summed E-state index contributed by atoms with van der Waals surface area (Å²) in [6, 6.07) is 5.68. The molecule has 0 unspecified atom stereocenters. The van der Waals surface area contributed by atoms with Crippen LogP contribution in [-0.2, 0) is 16.5 Å². The van der Waals surface area contributed by atoms with Gasteiger partial charge in [-0.2, -0.15) is 32.1 Å². The van der Waals surface area contributed by atoms with Crippen LogP contribution >= 0.6 is 0 Å². The molecule has 0 aliphatic rings. The second-order valence-electron chi connectivity index (χ2n) is 6.40. The van der Waals surface area contributed by atoms with Gasteiger partial charge >= 0.3 is 15.6 Å². The van der Waals surface area contributed by atoms with Crippen LogP contribution in [0.5, 0.6) is 5.75 Å². The largest absolute Gasteiger partial charge is 0.534 e. The van der Waals surface area contributed by atoms with E-state index in [2.05, 4.69) is 11.1 Å². The number of benzene rings is 1. The molecular formula is C19H23F3N2O3S. The molecule has 0 saturated heterocycles. The molecule has 0 N–H and O–H groups in total. The summed E-state index contributed by atoms with van der Waals surface area (Å²) in [7, 11) is -5.92. The topological polar surface area (TPSA) is 90.9 Å². The standard InChI is InChI=1S/C19H23F3N2O3S/c1-2-3-4-5-6-7-8-9-10-15-11-12-18(17(14-24)16(15)13-23)27-28(25,26)19(20,21)22/h11-12H,2-10H2,1H3. The Balaban J connectivity index is 2.81. The van der Waals surface area contributed by atoms with Crippen LogP contribution in [0.3, 0.4) is 0 Å². The highest BCUT2D eigenvalue weighted by Crippen LogP contribution is 2.31. The third kappa shape index (κ3) is 6.72. The number of hydrogen-bond acceptors (Lipinski definition) is 5. The van der Waals surface area contributed by atoms with Gasteiger partial charge in [0.25, 0.3) is 0 Å². The van der Waals surface area contributed by atoms with Crippen molar-refractivity contribution in [3.8, 4) is 17.9 Å². The summed E-state index contributed by atoms with van der Waals surface area (Å²) >= 11 is 0. The lowest BCUT2D eigenvalue weighted by molar-refractivity contribution is -0.0500. The van der Waals surface area contributed by atoms with E-state index in [0.29, 0.717) is 12.0 Å². The Morgan fingerprint density at radius 1 is 0.929 bits per heavy atom. The molecule has 154 valence electrons. The predicted molar refractivity (Wildman–Crippen MR) is 97.8 cm³/mol. The van der Waals surface area contributed by atoms with Gasteiger partial charge in [0.1, 0.15) is 17.7 Å². The maximum Gasteiger partial charge on any atom is 0.534 e. The fraction of sp³-hybridized carbons (Fsp3) is 0.579. The summed E-state index contributed by atoms with van der Waals surface area (Å²) in [5.41, 5.74) is -5.79. The van der Waals surface area contributed by atoms with Crippen LogP contribution < -0.4 is 4.18 Å².